The summed E-state index contributed by atoms with van der Waals surface area (Å²) in [5.74, 6) is -3.51. The van der Waals surface area contributed by atoms with Gasteiger partial charge in [-0.15, -0.1) is 0 Å². The number of hydrogen-bond donors (Lipinski definition) is 2. The zero-order valence-electron chi connectivity index (χ0n) is 10.2. The van der Waals surface area contributed by atoms with Crippen molar-refractivity contribution in [1.82, 2.24) is 15.3 Å². The highest BCUT2D eigenvalue weighted by Crippen LogP contribution is 2.11. The Morgan fingerprint density at radius 2 is 1.67 bits per heavy atom. The van der Waals surface area contributed by atoms with Gasteiger partial charge in [-0.3, -0.25) is 15.4 Å². The topological polar surface area (TPSA) is 84.0 Å². The average molecular weight is 313 g/mol. The van der Waals surface area contributed by atoms with Crippen molar-refractivity contribution in [2.75, 3.05) is 5.32 Å². The summed E-state index contributed by atoms with van der Waals surface area (Å²) in [6.07, 6.45) is 2.45. The third kappa shape index (κ3) is 3.69. The van der Waals surface area contributed by atoms with Gasteiger partial charge in [0.05, 0.1) is 17.4 Å². The Labute approximate surface area is 122 Å². The number of urea groups is 1. The minimum absolute atomic E-state index is 0.126. The van der Waals surface area contributed by atoms with Crippen LogP contribution in [0.4, 0.5) is 19.5 Å². The van der Waals surface area contributed by atoms with E-state index < -0.39 is 29.1 Å². The first-order valence-corrected chi connectivity index (χ1v) is 5.89. The first kappa shape index (κ1) is 14.8. The van der Waals surface area contributed by atoms with E-state index in [9.17, 15) is 18.4 Å². The van der Waals surface area contributed by atoms with Gasteiger partial charge < -0.3 is 0 Å². The number of nitrogens with zero attached hydrogens (tertiary/aromatic N) is 2. The molecule has 108 valence electrons. The van der Waals surface area contributed by atoms with Gasteiger partial charge in [0.2, 0.25) is 5.95 Å². The molecule has 0 bridgehead atoms. The van der Waals surface area contributed by atoms with Crippen LogP contribution in [0.25, 0.3) is 0 Å². The van der Waals surface area contributed by atoms with Crippen LogP contribution in [0, 0.1) is 11.6 Å². The van der Waals surface area contributed by atoms with E-state index in [4.69, 9.17) is 11.6 Å². The Morgan fingerprint density at radius 3 is 2.24 bits per heavy atom. The second-order valence-corrected chi connectivity index (χ2v) is 4.17. The summed E-state index contributed by atoms with van der Waals surface area (Å²) in [5, 5.41) is 4.13. The fraction of sp³-hybridized carbons (Fsp3) is 0. The van der Waals surface area contributed by atoms with Gasteiger partial charge in [-0.1, -0.05) is 17.7 Å². The smallest absolute Gasteiger partial charge is 0.276 e. The molecule has 0 atom stereocenters. The van der Waals surface area contributed by atoms with E-state index in [1.165, 1.54) is 12.4 Å². The van der Waals surface area contributed by atoms with Gasteiger partial charge >= 0.3 is 6.03 Å². The van der Waals surface area contributed by atoms with Crippen molar-refractivity contribution in [3.63, 3.8) is 0 Å². The number of rotatable bonds is 2. The Hall–Kier alpha value is -2.61. The fourth-order valence-corrected chi connectivity index (χ4v) is 1.49. The van der Waals surface area contributed by atoms with Crippen LogP contribution in [0.15, 0.2) is 30.6 Å². The number of aromatic nitrogens is 2. The lowest BCUT2D eigenvalue weighted by molar-refractivity contribution is 0.0959. The predicted molar refractivity (Wildman–Crippen MR) is 69.9 cm³/mol. The number of imide groups is 1. The summed E-state index contributed by atoms with van der Waals surface area (Å²) in [6.45, 7) is 0. The molecule has 6 nitrogen and oxygen atoms in total. The third-order valence-corrected chi connectivity index (χ3v) is 2.46. The van der Waals surface area contributed by atoms with Crippen LogP contribution in [0.1, 0.15) is 10.4 Å². The molecular weight excluding hydrogens is 306 g/mol. The lowest BCUT2D eigenvalue weighted by Gasteiger charge is -2.06. The maximum atomic E-state index is 13.4. The minimum atomic E-state index is -1.22. The number of nitrogens with one attached hydrogen (secondary N) is 2. The number of benzene rings is 1. The predicted octanol–water partition coefficient (Wildman–Crippen LogP) is 2.37. The minimum Gasteiger partial charge on any atom is -0.276 e. The summed E-state index contributed by atoms with van der Waals surface area (Å²) in [6, 6.07) is 1.87. The van der Waals surface area contributed by atoms with Crippen molar-refractivity contribution in [1.29, 1.82) is 0 Å². The normalized spacial score (nSPS) is 10.0. The number of anilines is 1. The molecule has 0 saturated carbocycles. The molecule has 3 amide bonds. The maximum Gasteiger partial charge on any atom is 0.328 e. The first-order chi connectivity index (χ1) is 9.97. The van der Waals surface area contributed by atoms with E-state index in [1.807, 2.05) is 0 Å². The van der Waals surface area contributed by atoms with Crippen LogP contribution in [0.3, 0.4) is 0 Å². The van der Waals surface area contributed by atoms with Gasteiger partial charge in [0, 0.05) is 0 Å². The van der Waals surface area contributed by atoms with Gasteiger partial charge in [0.1, 0.15) is 17.2 Å². The molecule has 0 unspecified atom stereocenters. The van der Waals surface area contributed by atoms with Crippen molar-refractivity contribution in [3.8, 4) is 0 Å². The SMILES string of the molecule is O=C(NC(=O)c1c(F)cccc1F)Nc1ncc(Cl)cn1. The number of hydrogen-bond acceptors (Lipinski definition) is 4. The molecular formula is C12H7ClF2N4O2. The van der Waals surface area contributed by atoms with Crippen molar-refractivity contribution < 1.29 is 18.4 Å². The molecule has 0 fully saturated rings. The standard InChI is InChI=1S/C12H7ClF2N4O2/c13-6-4-16-11(17-5-6)19-12(21)18-10(20)9-7(14)2-1-3-8(9)15/h1-5H,(H2,16,17,18,19,20,21). The zero-order valence-corrected chi connectivity index (χ0v) is 11.0. The van der Waals surface area contributed by atoms with E-state index in [1.54, 1.807) is 5.32 Å². The third-order valence-electron chi connectivity index (χ3n) is 2.26. The summed E-state index contributed by atoms with van der Waals surface area (Å²) in [5.41, 5.74) is -0.857. The molecule has 9 heteroatoms. The van der Waals surface area contributed by atoms with E-state index in [-0.39, 0.29) is 11.0 Å². The molecule has 0 aliphatic rings. The molecule has 2 N–H and O–H groups in total. The molecule has 1 aromatic heterocycles. The summed E-state index contributed by atoms with van der Waals surface area (Å²) in [7, 11) is 0. The van der Waals surface area contributed by atoms with E-state index >= 15 is 0 Å². The Bertz CT molecular complexity index is 674. The Morgan fingerprint density at radius 1 is 1.10 bits per heavy atom. The number of carbonyl (C=O) groups excluding carboxylic acids is 2. The van der Waals surface area contributed by atoms with Gasteiger partial charge in [-0.05, 0) is 12.1 Å². The van der Waals surface area contributed by atoms with E-state index in [0.717, 1.165) is 18.2 Å². The van der Waals surface area contributed by atoms with Crippen LogP contribution < -0.4 is 10.6 Å². The Balaban J connectivity index is 2.06. The molecule has 1 aromatic carbocycles. The van der Waals surface area contributed by atoms with Crippen LogP contribution in [-0.2, 0) is 0 Å². The molecule has 0 spiro atoms. The molecule has 2 aromatic rings. The van der Waals surface area contributed by atoms with E-state index in [0.29, 0.717) is 0 Å². The molecule has 21 heavy (non-hydrogen) atoms. The summed E-state index contributed by atoms with van der Waals surface area (Å²) >= 11 is 5.56. The van der Waals surface area contributed by atoms with Crippen LogP contribution in [0.2, 0.25) is 5.02 Å². The highest BCUT2D eigenvalue weighted by molar-refractivity contribution is 6.30. The molecule has 0 aliphatic heterocycles. The van der Waals surface area contributed by atoms with Gasteiger partial charge in [-0.2, -0.15) is 0 Å². The van der Waals surface area contributed by atoms with Crippen molar-refractivity contribution in [2.45, 2.75) is 0 Å². The van der Waals surface area contributed by atoms with Gasteiger partial charge in [-0.25, -0.2) is 23.5 Å². The summed E-state index contributed by atoms with van der Waals surface area (Å²) < 4.78 is 26.7. The second kappa shape index (κ2) is 6.23. The quantitative estimate of drug-likeness (QED) is 0.891. The average Bonchev–Trinajstić information content (AvgIpc) is 2.41. The van der Waals surface area contributed by atoms with Crippen LogP contribution in [0.5, 0.6) is 0 Å². The lowest BCUT2D eigenvalue weighted by atomic mass is 10.2. The largest absolute Gasteiger partial charge is 0.328 e. The molecule has 2 rings (SSSR count). The van der Waals surface area contributed by atoms with Gasteiger partial charge in [0.25, 0.3) is 5.91 Å². The molecule has 0 saturated heterocycles. The molecule has 0 aliphatic carbocycles. The van der Waals surface area contributed by atoms with Crippen LogP contribution in [-0.4, -0.2) is 21.9 Å². The number of halogens is 3. The second-order valence-electron chi connectivity index (χ2n) is 3.73. The van der Waals surface area contributed by atoms with Crippen LogP contribution >= 0.6 is 11.6 Å². The Kier molecular flexibility index (Phi) is 4.39. The number of amides is 3. The summed E-state index contributed by atoms with van der Waals surface area (Å²) in [4.78, 5) is 30.4. The monoisotopic (exact) mass is 312 g/mol. The van der Waals surface area contributed by atoms with Crippen molar-refractivity contribution in [2.24, 2.45) is 0 Å². The molecule has 1 heterocycles. The van der Waals surface area contributed by atoms with Crippen molar-refractivity contribution >= 4 is 29.5 Å². The molecule has 0 radical (unpaired) electrons. The van der Waals surface area contributed by atoms with E-state index in [2.05, 4.69) is 15.3 Å². The zero-order chi connectivity index (χ0) is 15.4. The lowest BCUT2D eigenvalue weighted by Crippen LogP contribution is -2.35. The van der Waals surface area contributed by atoms with Gasteiger partial charge in [0.15, 0.2) is 0 Å². The highest BCUT2D eigenvalue weighted by atomic mass is 35.5. The first-order valence-electron chi connectivity index (χ1n) is 5.51. The maximum absolute atomic E-state index is 13.4. The fourth-order valence-electron chi connectivity index (χ4n) is 1.39. The highest BCUT2D eigenvalue weighted by Gasteiger charge is 2.19. The number of carbonyl (C=O) groups is 2. The van der Waals surface area contributed by atoms with Crippen molar-refractivity contribution in [3.05, 3.63) is 52.8 Å².